The van der Waals surface area contributed by atoms with E-state index in [1.54, 1.807) is 12.1 Å². The second kappa shape index (κ2) is 6.14. The van der Waals surface area contributed by atoms with Gasteiger partial charge in [0.1, 0.15) is 0 Å². The first-order valence-electron chi connectivity index (χ1n) is 6.38. The zero-order valence-electron chi connectivity index (χ0n) is 11.9. The van der Waals surface area contributed by atoms with E-state index >= 15 is 0 Å². The second-order valence-corrected chi connectivity index (χ2v) is 4.71. The predicted octanol–water partition coefficient (Wildman–Crippen LogP) is 2.92. The van der Waals surface area contributed by atoms with Gasteiger partial charge in [0, 0.05) is 25.7 Å². The molecule has 2 aromatic carbocycles. The summed E-state index contributed by atoms with van der Waals surface area (Å²) in [7, 11) is 3.26. The van der Waals surface area contributed by atoms with E-state index < -0.39 is 5.82 Å². The Balaban J connectivity index is 2.28. The zero-order chi connectivity index (χ0) is 15.4. The van der Waals surface area contributed by atoms with Crippen molar-refractivity contribution in [2.75, 3.05) is 24.8 Å². The fraction of sp³-hybridized carbons (Fsp3) is 0.188. The normalized spacial score (nSPS) is 10.0. The van der Waals surface area contributed by atoms with Crippen molar-refractivity contribution >= 4 is 11.4 Å². The van der Waals surface area contributed by atoms with Crippen molar-refractivity contribution in [2.24, 2.45) is 0 Å². The number of ether oxygens (including phenoxy) is 1. The van der Waals surface area contributed by atoms with Gasteiger partial charge in [0.05, 0.1) is 30.1 Å². The molecule has 0 aliphatic carbocycles. The molecule has 5 heteroatoms. The Morgan fingerprint density at radius 1 is 1.33 bits per heavy atom. The molecule has 0 atom stereocenters. The highest BCUT2D eigenvalue weighted by molar-refractivity contribution is 5.69. The van der Waals surface area contributed by atoms with Gasteiger partial charge in [-0.1, -0.05) is 12.1 Å². The van der Waals surface area contributed by atoms with Crippen LogP contribution < -0.4 is 15.4 Å². The van der Waals surface area contributed by atoms with Crippen molar-refractivity contribution in [1.82, 2.24) is 0 Å². The first kappa shape index (κ1) is 14.7. The number of rotatable bonds is 4. The van der Waals surface area contributed by atoms with Gasteiger partial charge in [0.25, 0.3) is 0 Å². The average Bonchev–Trinajstić information content (AvgIpc) is 2.47. The molecule has 2 rings (SSSR count). The lowest BCUT2D eigenvalue weighted by atomic mass is 10.1. The molecule has 0 aliphatic rings. The van der Waals surface area contributed by atoms with E-state index in [1.807, 2.05) is 30.1 Å². The fourth-order valence-corrected chi connectivity index (χ4v) is 2.14. The maximum atomic E-state index is 13.6. The van der Waals surface area contributed by atoms with Crippen LogP contribution in [0, 0.1) is 17.1 Å². The van der Waals surface area contributed by atoms with Gasteiger partial charge in [-0.3, -0.25) is 0 Å². The molecule has 0 saturated carbocycles. The Morgan fingerprint density at radius 3 is 2.76 bits per heavy atom. The molecule has 108 valence electrons. The summed E-state index contributed by atoms with van der Waals surface area (Å²) in [6, 6.07) is 12.2. The molecule has 0 aromatic heterocycles. The standard InChI is InChI=1S/C16H16FN3O/c1-20(10-12-5-3-4-11(6-12)9-18)15-8-16(21-2)13(17)7-14(15)19/h3-8H,10,19H2,1-2H3. The SMILES string of the molecule is COc1cc(N(C)Cc2cccc(C#N)c2)c(N)cc1F. The lowest BCUT2D eigenvalue weighted by Gasteiger charge is -2.22. The molecule has 0 spiro atoms. The molecular formula is C16H16FN3O. The smallest absolute Gasteiger partial charge is 0.167 e. The Hall–Kier alpha value is -2.74. The summed E-state index contributed by atoms with van der Waals surface area (Å²) in [6.45, 7) is 0.550. The summed E-state index contributed by atoms with van der Waals surface area (Å²) in [5.74, 6) is -0.338. The van der Waals surface area contributed by atoms with Crippen LogP contribution in [0.15, 0.2) is 36.4 Å². The minimum absolute atomic E-state index is 0.150. The van der Waals surface area contributed by atoms with Crippen LogP contribution in [0.3, 0.4) is 0 Å². The second-order valence-electron chi connectivity index (χ2n) is 4.71. The predicted molar refractivity (Wildman–Crippen MR) is 80.6 cm³/mol. The summed E-state index contributed by atoms with van der Waals surface area (Å²) in [4.78, 5) is 1.88. The molecule has 0 bridgehead atoms. The minimum Gasteiger partial charge on any atom is -0.494 e. The van der Waals surface area contributed by atoms with Gasteiger partial charge in [-0.25, -0.2) is 4.39 Å². The van der Waals surface area contributed by atoms with Crippen molar-refractivity contribution in [3.8, 4) is 11.8 Å². The molecule has 4 nitrogen and oxygen atoms in total. The monoisotopic (exact) mass is 285 g/mol. The first-order chi connectivity index (χ1) is 10.0. The quantitative estimate of drug-likeness (QED) is 0.877. The summed E-state index contributed by atoms with van der Waals surface area (Å²) >= 11 is 0. The van der Waals surface area contributed by atoms with Gasteiger partial charge in [0.15, 0.2) is 11.6 Å². The van der Waals surface area contributed by atoms with Crippen LogP contribution in [0.2, 0.25) is 0 Å². The Labute approximate surface area is 123 Å². The third-order valence-corrected chi connectivity index (χ3v) is 3.19. The Kier molecular flexibility index (Phi) is 4.29. The van der Waals surface area contributed by atoms with Crippen LogP contribution in [0.25, 0.3) is 0 Å². The highest BCUT2D eigenvalue weighted by Crippen LogP contribution is 2.31. The van der Waals surface area contributed by atoms with Gasteiger partial charge < -0.3 is 15.4 Å². The topological polar surface area (TPSA) is 62.3 Å². The van der Waals surface area contributed by atoms with Crippen molar-refractivity contribution in [2.45, 2.75) is 6.54 Å². The van der Waals surface area contributed by atoms with Gasteiger partial charge in [-0.15, -0.1) is 0 Å². The van der Waals surface area contributed by atoms with Crippen molar-refractivity contribution in [1.29, 1.82) is 5.26 Å². The average molecular weight is 285 g/mol. The number of benzene rings is 2. The third kappa shape index (κ3) is 3.23. The number of methoxy groups -OCH3 is 1. The largest absolute Gasteiger partial charge is 0.494 e. The summed E-state index contributed by atoms with van der Waals surface area (Å²) in [5, 5.41) is 8.91. The van der Waals surface area contributed by atoms with E-state index in [0.29, 0.717) is 23.5 Å². The molecule has 0 aliphatic heterocycles. The minimum atomic E-state index is -0.487. The van der Waals surface area contributed by atoms with Crippen LogP contribution in [0.4, 0.5) is 15.8 Å². The van der Waals surface area contributed by atoms with Gasteiger partial charge in [0.2, 0.25) is 0 Å². The number of halogens is 1. The molecule has 0 saturated heterocycles. The summed E-state index contributed by atoms with van der Waals surface area (Å²) in [5.41, 5.74) is 8.46. The number of hydrogen-bond acceptors (Lipinski definition) is 4. The number of nitrogen functional groups attached to an aromatic ring is 1. The van der Waals surface area contributed by atoms with Crippen LogP contribution in [0.1, 0.15) is 11.1 Å². The van der Waals surface area contributed by atoms with Crippen LogP contribution in [-0.4, -0.2) is 14.2 Å². The van der Waals surface area contributed by atoms with Crippen LogP contribution in [0.5, 0.6) is 5.75 Å². The first-order valence-corrected chi connectivity index (χ1v) is 6.38. The molecule has 2 N–H and O–H groups in total. The molecule has 0 amide bonds. The maximum absolute atomic E-state index is 13.6. The van der Waals surface area contributed by atoms with E-state index in [0.717, 1.165) is 5.56 Å². The highest BCUT2D eigenvalue weighted by atomic mass is 19.1. The van der Waals surface area contributed by atoms with E-state index in [9.17, 15) is 4.39 Å². The van der Waals surface area contributed by atoms with Gasteiger partial charge >= 0.3 is 0 Å². The molecule has 0 fully saturated rings. The number of nitrogens with zero attached hydrogens (tertiary/aromatic N) is 2. The number of nitriles is 1. The van der Waals surface area contributed by atoms with Crippen molar-refractivity contribution in [3.63, 3.8) is 0 Å². The molecule has 2 aromatic rings. The summed E-state index contributed by atoms with van der Waals surface area (Å²) in [6.07, 6.45) is 0. The van der Waals surface area contributed by atoms with E-state index in [2.05, 4.69) is 6.07 Å². The molecule has 0 unspecified atom stereocenters. The molecule has 0 heterocycles. The maximum Gasteiger partial charge on any atom is 0.167 e. The molecule has 0 radical (unpaired) electrons. The van der Waals surface area contributed by atoms with Gasteiger partial charge in [-0.05, 0) is 17.7 Å². The zero-order valence-corrected chi connectivity index (χ0v) is 11.9. The number of anilines is 2. The van der Waals surface area contributed by atoms with E-state index in [4.69, 9.17) is 15.7 Å². The van der Waals surface area contributed by atoms with Crippen molar-refractivity contribution < 1.29 is 9.13 Å². The van der Waals surface area contributed by atoms with Crippen LogP contribution in [-0.2, 0) is 6.54 Å². The molecular weight excluding hydrogens is 269 g/mol. The van der Waals surface area contributed by atoms with Crippen molar-refractivity contribution in [3.05, 3.63) is 53.3 Å². The van der Waals surface area contributed by atoms with E-state index in [1.165, 1.54) is 13.2 Å². The van der Waals surface area contributed by atoms with E-state index in [-0.39, 0.29) is 5.75 Å². The lowest BCUT2D eigenvalue weighted by Crippen LogP contribution is -2.18. The Morgan fingerprint density at radius 2 is 2.10 bits per heavy atom. The highest BCUT2D eigenvalue weighted by Gasteiger charge is 2.12. The molecule has 21 heavy (non-hydrogen) atoms. The third-order valence-electron chi connectivity index (χ3n) is 3.19. The van der Waals surface area contributed by atoms with Crippen LogP contribution >= 0.6 is 0 Å². The Bertz CT molecular complexity index is 694. The number of nitrogens with two attached hydrogens (primary N) is 1. The fourth-order valence-electron chi connectivity index (χ4n) is 2.14. The lowest BCUT2D eigenvalue weighted by molar-refractivity contribution is 0.387. The van der Waals surface area contributed by atoms with Gasteiger partial charge in [-0.2, -0.15) is 5.26 Å². The summed E-state index contributed by atoms with van der Waals surface area (Å²) < 4.78 is 18.5. The number of hydrogen-bond donors (Lipinski definition) is 1.